The average molecular weight is 434 g/mol. The third-order valence-corrected chi connectivity index (χ3v) is 7.38. The highest BCUT2D eigenvalue weighted by molar-refractivity contribution is 5.90. The molecule has 0 bridgehead atoms. The molecular formula is C23H29N8O. The Morgan fingerprint density at radius 1 is 1.12 bits per heavy atom. The molecule has 2 amide bonds. The van der Waals surface area contributed by atoms with Gasteiger partial charge in [-0.3, -0.25) is 9.58 Å². The number of aromatic nitrogens is 5. The highest BCUT2D eigenvalue weighted by Gasteiger charge is 2.38. The lowest BCUT2D eigenvalue weighted by Crippen LogP contribution is -2.57. The van der Waals surface area contributed by atoms with Gasteiger partial charge < -0.3 is 14.8 Å². The van der Waals surface area contributed by atoms with Crippen LogP contribution in [0.4, 0.5) is 4.79 Å². The highest BCUT2D eigenvalue weighted by Crippen LogP contribution is 2.36. The van der Waals surface area contributed by atoms with Gasteiger partial charge >= 0.3 is 6.03 Å². The van der Waals surface area contributed by atoms with Crippen molar-refractivity contribution in [2.45, 2.75) is 44.7 Å². The zero-order valence-electron chi connectivity index (χ0n) is 18.4. The normalized spacial score (nSPS) is 23.2. The summed E-state index contributed by atoms with van der Waals surface area (Å²) in [5, 5.41) is 5.62. The predicted molar refractivity (Wildman–Crippen MR) is 121 cm³/mol. The van der Waals surface area contributed by atoms with Gasteiger partial charge in [0.2, 0.25) is 0 Å². The van der Waals surface area contributed by atoms with Gasteiger partial charge in [-0.05, 0) is 38.7 Å². The number of hydrogen-bond acceptors (Lipinski definition) is 5. The van der Waals surface area contributed by atoms with Crippen LogP contribution in [0, 0.1) is 6.04 Å². The number of nitrogens with one attached hydrogen (secondary N) is 1. The van der Waals surface area contributed by atoms with E-state index in [2.05, 4.69) is 43.0 Å². The summed E-state index contributed by atoms with van der Waals surface area (Å²) in [7, 11) is 0. The molecule has 2 saturated heterocycles. The van der Waals surface area contributed by atoms with E-state index < -0.39 is 0 Å². The van der Waals surface area contributed by atoms with Gasteiger partial charge in [0.15, 0.2) is 0 Å². The molecule has 3 fully saturated rings. The monoisotopic (exact) mass is 433 g/mol. The molecule has 0 unspecified atom stereocenters. The first-order valence-electron chi connectivity index (χ1n) is 11.6. The quantitative estimate of drug-likeness (QED) is 0.686. The third kappa shape index (κ3) is 3.35. The van der Waals surface area contributed by atoms with Crippen LogP contribution >= 0.6 is 0 Å². The van der Waals surface area contributed by atoms with E-state index in [4.69, 9.17) is 0 Å². The van der Waals surface area contributed by atoms with Crippen LogP contribution in [0.2, 0.25) is 0 Å². The van der Waals surface area contributed by atoms with Crippen molar-refractivity contribution >= 4 is 17.1 Å². The van der Waals surface area contributed by atoms with Gasteiger partial charge in [-0.25, -0.2) is 14.8 Å². The third-order valence-electron chi connectivity index (χ3n) is 7.38. The fourth-order valence-electron chi connectivity index (χ4n) is 5.33. The second-order valence-corrected chi connectivity index (χ2v) is 9.25. The molecule has 3 aromatic heterocycles. The van der Waals surface area contributed by atoms with Crippen LogP contribution in [0.5, 0.6) is 0 Å². The molecule has 5 heterocycles. The lowest BCUT2D eigenvalue weighted by atomic mass is 9.85. The Kier molecular flexibility index (Phi) is 4.86. The second kappa shape index (κ2) is 7.88. The summed E-state index contributed by atoms with van der Waals surface area (Å²) >= 11 is 0. The van der Waals surface area contributed by atoms with Crippen molar-refractivity contribution in [3.8, 4) is 11.3 Å². The van der Waals surface area contributed by atoms with Gasteiger partial charge in [-0.15, -0.1) is 0 Å². The number of likely N-dealkylation sites (tertiary alicyclic amines) is 1. The van der Waals surface area contributed by atoms with Gasteiger partial charge in [0, 0.05) is 68.2 Å². The Bertz CT molecular complexity index is 1110. The lowest BCUT2D eigenvalue weighted by Gasteiger charge is -2.46. The van der Waals surface area contributed by atoms with E-state index in [1.165, 1.54) is 6.04 Å². The lowest BCUT2D eigenvalue weighted by molar-refractivity contribution is 0.0659. The van der Waals surface area contributed by atoms with Crippen LogP contribution in [0.1, 0.15) is 32.6 Å². The molecule has 9 nitrogen and oxygen atoms in total. The fourth-order valence-corrected chi connectivity index (χ4v) is 5.33. The van der Waals surface area contributed by atoms with Crippen molar-refractivity contribution in [2.75, 3.05) is 32.7 Å². The van der Waals surface area contributed by atoms with Crippen LogP contribution in [0.25, 0.3) is 22.3 Å². The number of aromatic amines is 1. The number of piperazine rings is 1. The number of carbonyl (C=O) groups excluding carboxylic acids is 1. The van der Waals surface area contributed by atoms with Crippen molar-refractivity contribution in [2.24, 2.45) is 0 Å². The molecule has 3 aromatic rings. The minimum absolute atomic E-state index is 0.237. The number of hydrogen-bond donors (Lipinski definition) is 1. The first-order valence-corrected chi connectivity index (χ1v) is 11.6. The zero-order chi connectivity index (χ0) is 21.7. The van der Waals surface area contributed by atoms with Crippen LogP contribution in [-0.4, -0.2) is 90.3 Å². The summed E-state index contributed by atoms with van der Waals surface area (Å²) < 4.78 is 2.01. The van der Waals surface area contributed by atoms with E-state index in [-0.39, 0.29) is 6.03 Å². The first-order chi connectivity index (χ1) is 15.7. The van der Waals surface area contributed by atoms with Crippen molar-refractivity contribution < 1.29 is 4.79 Å². The molecule has 1 saturated carbocycles. The standard InChI is InChI=1S/C23H29N8O/c1-16-3-2-6-30(16)23(32)29-9-7-28(8-10-29)18-11-19(12-18)31-14-17(13-27-31)21-20-4-5-24-22(20)26-15-25-21/h4-5,13-16,18H,2-3,6-12H2,1H3,(H,24,25,26)/t16-/m0/s1. The summed E-state index contributed by atoms with van der Waals surface area (Å²) in [6, 6.07) is 4.52. The van der Waals surface area contributed by atoms with Gasteiger partial charge in [0.25, 0.3) is 0 Å². The number of amides is 2. The number of urea groups is 1. The van der Waals surface area contributed by atoms with E-state index >= 15 is 0 Å². The molecule has 0 aromatic carbocycles. The Labute approximate surface area is 187 Å². The Morgan fingerprint density at radius 2 is 1.97 bits per heavy atom. The summed E-state index contributed by atoms with van der Waals surface area (Å²) in [4.78, 5) is 31.3. The smallest absolute Gasteiger partial charge is 0.320 e. The van der Waals surface area contributed by atoms with Crippen molar-refractivity contribution in [3.05, 3.63) is 37.0 Å². The van der Waals surface area contributed by atoms with Gasteiger partial charge in [0.1, 0.15) is 12.0 Å². The fraction of sp³-hybridized carbons (Fsp3) is 0.522. The van der Waals surface area contributed by atoms with Crippen LogP contribution in [-0.2, 0) is 0 Å². The number of nitrogens with zero attached hydrogens (tertiary/aromatic N) is 7. The molecule has 3 aliphatic rings. The van der Waals surface area contributed by atoms with E-state index in [1.54, 1.807) is 6.33 Å². The van der Waals surface area contributed by atoms with E-state index in [0.29, 0.717) is 12.1 Å². The van der Waals surface area contributed by atoms with Gasteiger partial charge in [0.05, 0.1) is 17.9 Å². The molecule has 1 atom stereocenters. The van der Waals surface area contributed by atoms with E-state index in [1.807, 2.05) is 28.0 Å². The first kappa shape index (κ1) is 19.7. The number of fused-ring (bicyclic) bond motifs is 1. The van der Waals surface area contributed by atoms with Crippen LogP contribution in [0.3, 0.4) is 0 Å². The van der Waals surface area contributed by atoms with Crippen molar-refractivity contribution in [1.82, 2.24) is 39.4 Å². The summed E-state index contributed by atoms with van der Waals surface area (Å²) in [6.07, 6.45) is 11.8. The summed E-state index contributed by atoms with van der Waals surface area (Å²) in [6.45, 7) is 6.67. The van der Waals surface area contributed by atoms with Gasteiger partial charge in [-0.2, -0.15) is 5.10 Å². The molecule has 167 valence electrons. The Hall–Kier alpha value is -2.94. The Morgan fingerprint density at radius 3 is 2.75 bits per heavy atom. The highest BCUT2D eigenvalue weighted by atomic mass is 16.2. The van der Waals surface area contributed by atoms with Crippen molar-refractivity contribution in [3.63, 3.8) is 0 Å². The molecule has 9 heteroatoms. The molecule has 1 radical (unpaired) electrons. The molecular weight excluding hydrogens is 404 g/mol. The second-order valence-electron chi connectivity index (χ2n) is 9.25. The minimum atomic E-state index is 0.237. The molecule has 1 N–H and O–H groups in total. The molecule has 6 rings (SSSR count). The topological polar surface area (TPSA) is 86.2 Å². The van der Waals surface area contributed by atoms with E-state index in [9.17, 15) is 4.79 Å². The number of H-pyrrole nitrogens is 1. The molecule has 32 heavy (non-hydrogen) atoms. The maximum absolute atomic E-state index is 12.8. The van der Waals surface area contributed by atoms with Gasteiger partial charge in [-0.1, -0.05) is 0 Å². The molecule has 2 aliphatic heterocycles. The van der Waals surface area contributed by atoms with Crippen LogP contribution < -0.4 is 0 Å². The molecule has 0 spiro atoms. The number of carbonyl (C=O) groups is 1. The Balaban J connectivity index is 1.04. The zero-order valence-corrected chi connectivity index (χ0v) is 18.4. The maximum Gasteiger partial charge on any atom is 0.320 e. The summed E-state index contributed by atoms with van der Waals surface area (Å²) in [5.74, 6) is 0. The van der Waals surface area contributed by atoms with Crippen molar-refractivity contribution in [1.29, 1.82) is 0 Å². The minimum Gasteiger partial charge on any atom is -0.346 e. The predicted octanol–water partition coefficient (Wildman–Crippen LogP) is 2.59. The van der Waals surface area contributed by atoms with E-state index in [0.717, 1.165) is 80.7 Å². The SMILES string of the molecule is C[C@H]1CCCN1C(=O)N1CCN(C2C[C](n3cc(-c4ncnc5[nH]ccc45)cn3)C2)CC1. The maximum atomic E-state index is 12.8. The number of rotatable bonds is 3. The van der Waals surface area contributed by atoms with Crippen LogP contribution in [0.15, 0.2) is 31.0 Å². The average Bonchev–Trinajstić information content (AvgIpc) is 3.53. The largest absolute Gasteiger partial charge is 0.346 e. The molecule has 1 aliphatic carbocycles. The summed E-state index contributed by atoms with van der Waals surface area (Å²) in [5.41, 5.74) is 2.76.